The highest BCUT2D eigenvalue weighted by Gasteiger charge is 2.16. The second-order valence-corrected chi connectivity index (χ2v) is 6.51. The van der Waals surface area contributed by atoms with Crippen LogP contribution in [0.5, 0.6) is 11.5 Å². The van der Waals surface area contributed by atoms with Gasteiger partial charge in [-0.2, -0.15) is 0 Å². The zero-order valence-electron chi connectivity index (χ0n) is 11.0. The molecule has 0 bridgehead atoms. The fraction of sp³-hybridized carbons (Fsp3) is 0.200. The van der Waals surface area contributed by atoms with Crippen molar-refractivity contribution in [2.75, 3.05) is 12.5 Å². The Balaban J connectivity index is 1.69. The molecule has 0 saturated carbocycles. The van der Waals surface area contributed by atoms with Crippen molar-refractivity contribution in [3.05, 3.63) is 52.0 Å². The van der Waals surface area contributed by atoms with Crippen LogP contribution < -0.4 is 15.2 Å². The molecule has 2 N–H and O–H groups in total. The van der Waals surface area contributed by atoms with Gasteiger partial charge in [0.05, 0.1) is 5.02 Å². The van der Waals surface area contributed by atoms with Gasteiger partial charge < -0.3 is 15.2 Å². The molecule has 3 nitrogen and oxygen atoms in total. The first-order valence-corrected chi connectivity index (χ1v) is 8.10. The number of hydrogen-bond donors (Lipinski definition) is 1. The number of nitrogens with two attached hydrogens (primary N) is 1. The summed E-state index contributed by atoms with van der Waals surface area (Å²) >= 11 is 13.7. The summed E-state index contributed by atoms with van der Waals surface area (Å²) in [6.07, 6.45) is 0. The van der Waals surface area contributed by atoms with E-state index in [1.165, 1.54) is 0 Å². The van der Waals surface area contributed by atoms with Crippen molar-refractivity contribution < 1.29 is 9.47 Å². The zero-order chi connectivity index (χ0) is 14.8. The first kappa shape index (κ1) is 14.9. The smallest absolute Gasteiger partial charge is 0.231 e. The van der Waals surface area contributed by atoms with Gasteiger partial charge in [-0.25, -0.2) is 0 Å². The van der Waals surface area contributed by atoms with Crippen LogP contribution in [0.25, 0.3) is 0 Å². The molecule has 0 aliphatic carbocycles. The van der Waals surface area contributed by atoms with Gasteiger partial charge in [0.1, 0.15) is 0 Å². The van der Waals surface area contributed by atoms with Gasteiger partial charge in [-0.1, -0.05) is 29.3 Å². The Morgan fingerprint density at radius 2 is 1.90 bits per heavy atom. The summed E-state index contributed by atoms with van der Waals surface area (Å²) in [4.78, 5) is 0.931. The maximum atomic E-state index is 6.23. The minimum Gasteiger partial charge on any atom is -0.454 e. The lowest BCUT2D eigenvalue weighted by molar-refractivity contribution is 0.174. The summed E-state index contributed by atoms with van der Waals surface area (Å²) in [5.74, 6) is 2.20. The highest BCUT2D eigenvalue weighted by atomic mass is 35.5. The molecule has 0 aromatic heterocycles. The van der Waals surface area contributed by atoms with E-state index in [0.717, 1.165) is 22.0 Å². The molecule has 21 heavy (non-hydrogen) atoms. The van der Waals surface area contributed by atoms with Crippen LogP contribution in [0.1, 0.15) is 11.6 Å². The highest BCUT2D eigenvalue weighted by Crippen LogP contribution is 2.36. The van der Waals surface area contributed by atoms with Crippen molar-refractivity contribution in [2.24, 2.45) is 5.73 Å². The van der Waals surface area contributed by atoms with Gasteiger partial charge in [0.2, 0.25) is 6.79 Å². The molecule has 6 heteroatoms. The second kappa shape index (κ2) is 6.36. The second-order valence-electron chi connectivity index (χ2n) is 4.60. The Kier molecular flexibility index (Phi) is 4.50. The van der Waals surface area contributed by atoms with Gasteiger partial charge in [0, 0.05) is 21.7 Å². The number of thioether (sulfide) groups is 1. The largest absolute Gasteiger partial charge is 0.454 e. The molecule has 1 heterocycles. The molecule has 1 aliphatic rings. The SMILES string of the molecule is NC(CSc1cc(Cl)ccc1Cl)c1ccc2c(c1)OCO2. The van der Waals surface area contributed by atoms with Crippen molar-refractivity contribution >= 4 is 35.0 Å². The lowest BCUT2D eigenvalue weighted by Crippen LogP contribution is -2.12. The molecule has 110 valence electrons. The third kappa shape index (κ3) is 3.40. The lowest BCUT2D eigenvalue weighted by atomic mass is 10.1. The summed E-state index contributed by atoms with van der Waals surface area (Å²) in [6, 6.07) is 11.0. The van der Waals surface area contributed by atoms with E-state index in [1.807, 2.05) is 24.3 Å². The average Bonchev–Trinajstić information content (AvgIpc) is 2.95. The third-order valence-electron chi connectivity index (χ3n) is 3.14. The van der Waals surface area contributed by atoms with Gasteiger partial charge in [0.25, 0.3) is 0 Å². The van der Waals surface area contributed by atoms with Crippen molar-refractivity contribution in [2.45, 2.75) is 10.9 Å². The maximum absolute atomic E-state index is 6.23. The zero-order valence-corrected chi connectivity index (χ0v) is 13.3. The molecule has 1 aliphatic heterocycles. The lowest BCUT2D eigenvalue weighted by Gasteiger charge is -2.13. The summed E-state index contributed by atoms with van der Waals surface area (Å²) in [7, 11) is 0. The highest BCUT2D eigenvalue weighted by molar-refractivity contribution is 7.99. The Labute approximate surface area is 137 Å². The van der Waals surface area contributed by atoms with Crippen LogP contribution in [0.3, 0.4) is 0 Å². The van der Waals surface area contributed by atoms with E-state index < -0.39 is 0 Å². The maximum Gasteiger partial charge on any atom is 0.231 e. The van der Waals surface area contributed by atoms with Crippen molar-refractivity contribution in [3.8, 4) is 11.5 Å². The van der Waals surface area contributed by atoms with Gasteiger partial charge in [-0.15, -0.1) is 11.8 Å². The predicted molar refractivity (Wildman–Crippen MR) is 86.7 cm³/mol. The number of halogens is 2. The van der Waals surface area contributed by atoms with Crippen LogP contribution in [-0.4, -0.2) is 12.5 Å². The van der Waals surface area contributed by atoms with E-state index in [0.29, 0.717) is 15.8 Å². The summed E-state index contributed by atoms with van der Waals surface area (Å²) in [6.45, 7) is 0.265. The normalized spacial score (nSPS) is 14.2. The van der Waals surface area contributed by atoms with E-state index in [-0.39, 0.29) is 12.8 Å². The fourth-order valence-electron chi connectivity index (χ4n) is 2.01. The number of rotatable bonds is 4. The number of fused-ring (bicyclic) bond motifs is 1. The first-order chi connectivity index (χ1) is 10.1. The minimum absolute atomic E-state index is 0.125. The topological polar surface area (TPSA) is 44.5 Å². The van der Waals surface area contributed by atoms with Crippen LogP contribution in [0.15, 0.2) is 41.3 Å². The number of benzene rings is 2. The summed E-state index contributed by atoms with van der Waals surface area (Å²) < 4.78 is 10.7. The summed E-state index contributed by atoms with van der Waals surface area (Å²) in [5.41, 5.74) is 7.24. The van der Waals surface area contributed by atoms with E-state index in [9.17, 15) is 0 Å². The minimum atomic E-state index is -0.125. The van der Waals surface area contributed by atoms with E-state index in [1.54, 1.807) is 23.9 Å². The first-order valence-electron chi connectivity index (χ1n) is 6.36. The molecule has 0 spiro atoms. The molecular formula is C15H13Cl2NO2S. The summed E-state index contributed by atoms with van der Waals surface area (Å²) in [5, 5.41) is 1.35. The Hall–Kier alpha value is -1.07. The van der Waals surface area contributed by atoms with Gasteiger partial charge in [-0.3, -0.25) is 0 Å². The molecular weight excluding hydrogens is 329 g/mol. The molecule has 2 aromatic carbocycles. The van der Waals surface area contributed by atoms with Gasteiger partial charge in [-0.05, 0) is 35.9 Å². The molecule has 1 atom stereocenters. The van der Waals surface area contributed by atoms with Crippen molar-refractivity contribution in [1.29, 1.82) is 0 Å². The quantitative estimate of drug-likeness (QED) is 0.830. The van der Waals surface area contributed by atoms with Crippen LogP contribution in [0.4, 0.5) is 0 Å². The van der Waals surface area contributed by atoms with E-state index >= 15 is 0 Å². The van der Waals surface area contributed by atoms with Crippen LogP contribution >= 0.6 is 35.0 Å². The molecule has 0 saturated heterocycles. The van der Waals surface area contributed by atoms with Crippen LogP contribution in [-0.2, 0) is 0 Å². The Morgan fingerprint density at radius 3 is 2.76 bits per heavy atom. The Bertz CT molecular complexity index is 666. The molecule has 0 fully saturated rings. The fourth-order valence-corrected chi connectivity index (χ4v) is 3.49. The number of hydrogen-bond acceptors (Lipinski definition) is 4. The van der Waals surface area contributed by atoms with Gasteiger partial charge >= 0.3 is 0 Å². The van der Waals surface area contributed by atoms with E-state index in [2.05, 4.69) is 0 Å². The number of ether oxygens (including phenoxy) is 2. The van der Waals surface area contributed by atoms with Crippen molar-refractivity contribution in [1.82, 2.24) is 0 Å². The van der Waals surface area contributed by atoms with Crippen molar-refractivity contribution in [3.63, 3.8) is 0 Å². The molecule has 2 aromatic rings. The molecule has 0 amide bonds. The van der Waals surface area contributed by atoms with E-state index in [4.69, 9.17) is 38.4 Å². The Morgan fingerprint density at radius 1 is 1.10 bits per heavy atom. The monoisotopic (exact) mass is 341 g/mol. The molecule has 1 unspecified atom stereocenters. The predicted octanol–water partition coefficient (Wildman–Crippen LogP) is 4.51. The van der Waals surface area contributed by atoms with Crippen LogP contribution in [0.2, 0.25) is 10.0 Å². The van der Waals surface area contributed by atoms with Crippen LogP contribution in [0, 0.1) is 0 Å². The molecule has 3 rings (SSSR count). The average molecular weight is 342 g/mol. The molecule has 0 radical (unpaired) electrons. The standard InChI is InChI=1S/C15H13Cl2NO2S/c16-10-2-3-11(17)15(6-10)21-7-12(18)9-1-4-13-14(5-9)20-8-19-13/h1-6,12H,7-8,18H2. The van der Waals surface area contributed by atoms with Gasteiger partial charge in [0.15, 0.2) is 11.5 Å². The third-order valence-corrected chi connectivity index (χ3v) is 4.99.